The Morgan fingerprint density at radius 3 is 1.44 bits per heavy atom. The minimum Gasteiger partial charge on any atom is -0.260 e. The van der Waals surface area contributed by atoms with Gasteiger partial charge in [-0.05, 0) is 0 Å². The first kappa shape index (κ1) is 11.7. The van der Waals surface area contributed by atoms with Crippen molar-refractivity contribution in [3.05, 3.63) is 0 Å². The summed E-state index contributed by atoms with van der Waals surface area (Å²) in [6.45, 7) is 3.86. The zero-order valence-electron chi connectivity index (χ0n) is 5.46. The maximum absolute atomic E-state index is 10.3. The van der Waals surface area contributed by atoms with E-state index in [1.165, 1.54) is 0 Å². The molecule has 0 rings (SSSR count). The minimum absolute atomic E-state index is 0.534. The van der Waals surface area contributed by atoms with Crippen LogP contribution in [0, 0.1) is 0 Å². The van der Waals surface area contributed by atoms with Crippen molar-refractivity contribution in [1.29, 1.82) is 0 Å². The highest BCUT2D eigenvalue weighted by atomic mass is 32.2. The molecule has 56 valence electrons. The summed E-state index contributed by atoms with van der Waals surface area (Å²) in [6, 6.07) is 0. The van der Waals surface area contributed by atoms with Crippen LogP contribution in [0.5, 0.6) is 0 Å². The maximum Gasteiger partial charge on any atom is 0.335 e. The van der Waals surface area contributed by atoms with Gasteiger partial charge in [0.05, 0.1) is 0 Å². The van der Waals surface area contributed by atoms with Crippen molar-refractivity contribution in [2.45, 2.75) is 13.8 Å². The zero-order chi connectivity index (χ0) is 7.70. The normalized spacial score (nSPS) is 7.89. The van der Waals surface area contributed by atoms with Gasteiger partial charge in [0.25, 0.3) is 0 Å². The van der Waals surface area contributed by atoms with Crippen LogP contribution < -0.4 is 0 Å². The molecule has 0 aliphatic rings. The van der Waals surface area contributed by atoms with Crippen molar-refractivity contribution in [3.8, 4) is 0 Å². The van der Waals surface area contributed by atoms with Gasteiger partial charge < -0.3 is 0 Å². The van der Waals surface area contributed by atoms with E-state index in [1.807, 2.05) is 13.8 Å². The Labute approximate surface area is 60.9 Å². The SMILES string of the molecule is CCS(=O)CC.O=S=O. The van der Waals surface area contributed by atoms with Crippen molar-refractivity contribution in [2.24, 2.45) is 0 Å². The molecule has 0 radical (unpaired) electrons. The highest BCUT2D eigenvalue weighted by Crippen LogP contribution is 1.75. The van der Waals surface area contributed by atoms with Gasteiger partial charge in [-0.1, -0.05) is 13.8 Å². The van der Waals surface area contributed by atoms with E-state index in [-0.39, 0.29) is 0 Å². The topological polar surface area (TPSA) is 51.2 Å². The van der Waals surface area contributed by atoms with Gasteiger partial charge in [-0.15, -0.1) is 0 Å². The Balaban J connectivity index is 0. The molecule has 0 atom stereocenters. The summed E-state index contributed by atoms with van der Waals surface area (Å²) in [5.74, 6) is 1.60. The molecule has 0 aliphatic heterocycles. The zero-order valence-corrected chi connectivity index (χ0v) is 7.09. The lowest BCUT2D eigenvalue weighted by molar-refractivity contribution is 0.630. The molecule has 0 aromatic heterocycles. The number of hydrogen-bond donors (Lipinski definition) is 0. The second-order valence-corrected chi connectivity index (χ2v) is 3.26. The smallest absolute Gasteiger partial charge is 0.260 e. The van der Waals surface area contributed by atoms with Gasteiger partial charge in [0.1, 0.15) is 0 Å². The Kier molecular flexibility index (Phi) is 14.2. The summed E-state index contributed by atoms with van der Waals surface area (Å²) >= 11 is -0.750. The molecular formula is C4H10O3S2. The molecule has 0 aliphatic carbocycles. The van der Waals surface area contributed by atoms with Crippen LogP contribution in [-0.4, -0.2) is 24.1 Å². The van der Waals surface area contributed by atoms with Crippen LogP contribution in [0.1, 0.15) is 13.8 Å². The van der Waals surface area contributed by atoms with E-state index in [1.54, 1.807) is 0 Å². The van der Waals surface area contributed by atoms with Crippen molar-refractivity contribution in [3.63, 3.8) is 0 Å². The van der Waals surface area contributed by atoms with Crippen LogP contribution in [0.3, 0.4) is 0 Å². The first-order valence-corrected chi connectivity index (χ1v) is 4.65. The highest BCUT2D eigenvalue weighted by molar-refractivity contribution is 7.84. The number of rotatable bonds is 2. The average molecular weight is 170 g/mol. The second-order valence-electron chi connectivity index (χ2n) is 1.09. The molecule has 0 unspecified atom stereocenters. The van der Waals surface area contributed by atoms with Crippen molar-refractivity contribution in [1.82, 2.24) is 0 Å². The highest BCUT2D eigenvalue weighted by Gasteiger charge is 1.83. The summed E-state index contributed by atoms with van der Waals surface area (Å²) in [5, 5.41) is 0. The van der Waals surface area contributed by atoms with Crippen molar-refractivity contribution < 1.29 is 12.6 Å². The van der Waals surface area contributed by atoms with Gasteiger partial charge in [0.15, 0.2) is 0 Å². The molecule has 0 fully saturated rings. The third-order valence-corrected chi connectivity index (χ3v) is 1.93. The van der Waals surface area contributed by atoms with E-state index < -0.39 is 22.4 Å². The number of hydrogen-bond acceptors (Lipinski definition) is 3. The van der Waals surface area contributed by atoms with Crippen LogP contribution in [-0.2, 0) is 22.4 Å². The van der Waals surface area contributed by atoms with Gasteiger partial charge in [0, 0.05) is 22.3 Å². The fourth-order valence-corrected chi connectivity index (χ4v) is 0.612. The molecule has 0 aromatic rings. The monoisotopic (exact) mass is 170 g/mol. The summed E-state index contributed by atoms with van der Waals surface area (Å²) in [6.07, 6.45) is 0. The van der Waals surface area contributed by atoms with E-state index in [9.17, 15) is 4.21 Å². The summed E-state index contributed by atoms with van der Waals surface area (Å²) < 4.78 is 26.9. The van der Waals surface area contributed by atoms with Crippen molar-refractivity contribution >= 4 is 22.4 Å². The van der Waals surface area contributed by atoms with E-state index in [4.69, 9.17) is 8.42 Å². The predicted molar refractivity (Wildman–Crippen MR) is 38.1 cm³/mol. The molecule has 0 heterocycles. The minimum atomic E-state index is -0.750. The van der Waals surface area contributed by atoms with Crippen molar-refractivity contribution in [2.75, 3.05) is 11.5 Å². The standard InChI is InChI=1S/C4H10OS.O2S/c1-3-6(5)4-2;1-3-2/h3-4H2,1-2H3;. The van der Waals surface area contributed by atoms with Crippen LogP contribution >= 0.6 is 0 Å². The summed E-state index contributed by atoms with van der Waals surface area (Å²) in [4.78, 5) is 0. The van der Waals surface area contributed by atoms with Gasteiger partial charge in [0.2, 0.25) is 0 Å². The fraction of sp³-hybridized carbons (Fsp3) is 1.00. The Hall–Kier alpha value is -0.0300. The Morgan fingerprint density at radius 2 is 1.44 bits per heavy atom. The lowest BCUT2D eigenvalue weighted by Crippen LogP contribution is -1.93. The van der Waals surface area contributed by atoms with E-state index >= 15 is 0 Å². The fourth-order valence-electron chi connectivity index (χ4n) is 0.204. The van der Waals surface area contributed by atoms with E-state index in [0.717, 1.165) is 11.5 Å². The molecule has 3 nitrogen and oxygen atoms in total. The molecule has 5 heteroatoms. The predicted octanol–water partition coefficient (Wildman–Crippen LogP) is 0.105. The average Bonchev–Trinajstić information content (AvgIpc) is 1.88. The molecule has 0 saturated heterocycles. The molecule has 9 heavy (non-hydrogen) atoms. The lowest BCUT2D eigenvalue weighted by atomic mass is 11.0. The van der Waals surface area contributed by atoms with Gasteiger partial charge in [-0.25, -0.2) is 0 Å². The molecule has 0 spiro atoms. The molecule has 0 amide bonds. The molecule has 0 saturated carbocycles. The molecule has 0 N–H and O–H groups in total. The molecule has 0 aromatic carbocycles. The summed E-state index contributed by atoms with van der Waals surface area (Å²) in [5.41, 5.74) is 0. The van der Waals surface area contributed by atoms with E-state index in [0.29, 0.717) is 0 Å². The molecule has 0 bridgehead atoms. The van der Waals surface area contributed by atoms with E-state index in [2.05, 4.69) is 0 Å². The van der Waals surface area contributed by atoms with Crippen LogP contribution in [0.15, 0.2) is 0 Å². The molecular weight excluding hydrogens is 160 g/mol. The Bertz CT molecular complexity index is 100. The quantitative estimate of drug-likeness (QED) is 0.591. The van der Waals surface area contributed by atoms with Crippen LogP contribution in [0.4, 0.5) is 0 Å². The summed E-state index contributed by atoms with van der Waals surface area (Å²) in [7, 11) is -0.534. The van der Waals surface area contributed by atoms with Gasteiger partial charge in [-0.3, -0.25) is 4.21 Å². The first-order valence-electron chi connectivity index (χ1n) is 2.49. The Morgan fingerprint density at radius 1 is 1.22 bits per heavy atom. The van der Waals surface area contributed by atoms with Gasteiger partial charge >= 0.3 is 11.6 Å². The third-order valence-electron chi connectivity index (χ3n) is 0.644. The van der Waals surface area contributed by atoms with Gasteiger partial charge in [-0.2, -0.15) is 8.42 Å². The second kappa shape index (κ2) is 10.9. The van der Waals surface area contributed by atoms with Crippen LogP contribution in [0.2, 0.25) is 0 Å². The maximum atomic E-state index is 10.3. The first-order chi connectivity index (χ1) is 4.22. The largest absolute Gasteiger partial charge is 0.335 e. The van der Waals surface area contributed by atoms with Crippen LogP contribution in [0.25, 0.3) is 0 Å². The lowest BCUT2D eigenvalue weighted by Gasteiger charge is -1.84. The third kappa shape index (κ3) is 18.0.